The van der Waals surface area contributed by atoms with Crippen LogP contribution in [0.1, 0.15) is 19.3 Å². The molecule has 0 saturated carbocycles. The van der Waals surface area contributed by atoms with Crippen LogP contribution in [0.5, 0.6) is 0 Å². The van der Waals surface area contributed by atoms with Crippen LogP contribution in [0.25, 0.3) is 0 Å². The predicted molar refractivity (Wildman–Crippen MR) is 77.7 cm³/mol. The van der Waals surface area contributed by atoms with Crippen LogP contribution in [0, 0.1) is 0 Å². The third-order valence-corrected chi connectivity index (χ3v) is 5.24. The number of nitrogens with zero attached hydrogens (tertiary/aromatic N) is 1. The molecule has 1 aromatic rings. The Morgan fingerprint density at radius 2 is 1.73 bits per heavy atom. The highest BCUT2D eigenvalue weighted by atomic mass is 32.2. The molecule has 1 unspecified atom stereocenters. The maximum Gasteiger partial charge on any atom is 0.240 e. The molecule has 0 bridgehead atoms. The van der Waals surface area contributed by atoms with Gasteiger partial charge in [0.15, 0.2) is 0 Å². The molecule has 7 nitrogen and oxygen atoms in total. The van der Waals surface area contributed by atoms with Crippen molar-refractivity contribution in [2.75, 3.05) is 18.1 Å². The molecular weight excluding hydrogens is 308 g/mol. The van der Waals surface area contributed by atoms with Crippen LogP contribution in [0.3, 0.4) is 0 Å². The maximum absolute atomic E-state index is 12.2. The van der Waals surface area contributed by atoms with E-state index in [0.29, 0.717) is 25.3 Å². The van der Waals surface area contributed by atoms with Crippen molar-refractivity contribution in [2.45, 2.75) is 30.2 Å². The van der Waals surface area contributed by atoms with Crippen LogP contribution < -0.4 is 9.62 Å². The zero-order valence-corrected chi connectivity index (χ0v) is 12.6. The van der Waals surface area contributed by atoms with Crippen LogP contribution in [0.4, 0.5) is 5.69 Å². The first-order chi connectivity index (χ1) is 10.5. The average molecular weight is 324 g/mol. The van der Waals surface area contributed by atoms with Crippen molar-refractivity contribution in [3.63, 3.8) is 0 Å². The highest BCUT2D eigenvalue weighted by Gasteiger charge is 2.30. The Balaban J connectivity index is 1.78. The van der Waals surface area contributed by atoms with E-state index >= 15 is 0 Å². The fourth-order valence-corrected chi connectivity index (χ4v) is 3.81. The topological polar surface area (TPSA) is 92.8 Å². The molecule has 0 aliphatic carbocycles. The minimum absolute atomic E-state index is 0.0993. The van der Waals surface area contributed by atoms with Gasteiger partial charge in [0.25, 0.3) is 0 Å². The summed E-state index contributed by atoms with van der Waals surface area (Å²) >= 11 is 0. The number of sulfonamides is 1. The summed E-state index contributed by atoms with van der Waals surface area (Å²) in [7, 11) is -3.63. The minimum Gasteiger partial charge on any atom is -0.380 e. The first-order valence-electron chi connectivity index (χ1n) is 7.03. The van der Waals surface area contributed by atoms with E-state index in [1.807, 2.05) is 0 Å². The molecule has 1 aromatic carbocycles. The van der Waals surface area contributed by atoms with E-state index in [0.717, 1.165) is 4.90 Å². The number of amides is 2. The van der Waals surface area contributed by atoms with E-state index in [-0.39, 0.29) is 35.6 Å². The Labute approximate surface area is 128 Å². The number of carbonyl (C=O) groups is 2. The van der Waals surface area contributed by atoms with Crippen LogP contribution in [-0.2, 0) is 24.3 Å². The van der Waals surface area contributed by atoms with Crippen LogP contribution in [0.15, 0.2) is 29.2 Å². The molecule has 0 aromatic heterocycles. The van der Waals surface area contributed by atoms with E-state index in [2.05, 4.69) is 4.72 Å². The number of ether oxygens (including phenoxy) is 1. The van der Waals surface area contributed by atoms with Gasteiger partial charge in [-0.2, -0.15) is 0 Å². The molecule has 0 radical (unpaired) electrons. The summed E-state index contributed by atoms with van der Waals surface area (Å²) in [5.74, 6) is -0.524. The lowest BCUT2D eigenvalue weighted by Gasteiger charge is -2.15. The summed E-state index contributed by atoms with van der Waals surface area (Å²) in [5, 5.41) is 0. The monoisotopic (exact) mass is 324 g/mol. The van der Waals surface area contributed by atoms with Crippen molar-refractivity contribution >= 4 is 27.5 Å². The molecule has 2 amide bonds. The van der Waals surface area contributed by atoms with Crippen molar-refractivity contribution in [3.8, 4) is 0 Å². The van der Waals surface area contributed by atoms with Gasteiger partial charge in [-0.05, 0) is 30.7 Å². The molecule has 2 heterocycles. The second kappa shape index (κ2) is 5.79. The summed E-state index contributed by atoms with van der Waals surface area (Å²) in [4.78, 5) is 24.5. The standard InChI is InChI=1S/C14H16N2O5S/c17-13-5-6-14(18)16(13)11-1-3-12(4-2-11)22(19,20)15-10-7-8-21-9-10/h1-4,10,15H,5-9H2. The molecule has 2 saturated heterocycles. The number of nitrogens with one attached hydrogen (secondary N) is 1. The van der Waals surface area contributed by atoms with E-state index in [9.17, 15) is 18.0 Å². The number of anilines is 1. The van der Waals surface area contributed by atoms with E-state index in [1.165, 1.54) is 24.3 Å². The van der Waals surface area contributed by atoms with Crippen molar-refractivity contribution < 1.29 is 22.7 Å². The van der Waals surface area contributed by atoms with E-state index in [1.54, 1.807) is 0 Å². The minimum atomic E-state index is -3.63. The van der Waals surface area contributed by atoms with Gasteiger partial charge in [0.1, 0.15) is 0 Å². The first-order valence-corrected chi connectivity index (χ1v) is 8.51. The number of rotatable bonds is 4. The molecular formula is C14H16N2O5S. The zero-order valence-electron chi connectivity index (χ0n) is 11.8. The van der Waals surface area contributed by atoms with Gasteiger partial charge in [-0.3, -0.25) is 14.5 Å². The Hall–Kier alpha value is -1.77. The smallest absolute Gasteiger partial charge is 0.240 e. The van der Waals surface area contributed by atoms with Gasteiger partial charge in [0.05, 0.1) is 17.2 Å². The number of hydrogen-bond acceptors (Lipinski definition) is 5. The highest BCUT2D eigenvalue weighted by Crippen LogP contribution is 2.24. The molecule has 2 fully saturated rings. The lowest BCUT2D eigenvalue weighted by atomic mass is 10.3. The Bertz CT molecular complexity index is 676. The van der Waals surface area contributed by atoms with Gasteiger partial charge in [0.2, 0.25) is 21.8 Å². The second-order valence-electron chi connectivity index (χ2n) is 5.30. The Kier molecular flexibility index (Phi) is 3.98. The average Bonchev–Trinajstić information content (AvgIpc) is 3.09. The summed E-state index contributed by atoms with van der Waals surface area (Å²) in [6, 6.07) is 5.52. The maximum atomic E-state index is 12.2. The Morgan fingerprint density at radius 3 is 2.27 bits per heavy atom. The lowest BCUT2D eigenvalue weighted by molar-refractivity contribution is -0.121. The molecule has 2 aliphatic heterocycles. The fourth-order valence-electron chi connectivity index (χ4n) is 2.55. The van der Waals surface area contributed by atoms with Crippen molar-refractivity contribution in [1.82, 2.24) is 4.72 Å². The summed E-state index contributed by atoms with van der Waals surface area (Å²) in [5.41, 5.74) is 0.399. The molecule has 8 heteroatoms. The van der Waals surface area contributed by atoms with E-state index < -0.39 is 10.0 Å². The SMILES string of the molecule is O=C1CCC(=O)N1c1ccc(S(=O)(=O)NC2CCOC2)cc1. The van der Waals surface area contributed by atoms with Gasteiger partial charge in [-0.1, -0.05) is 0 Å². The molecule has 118 valence electrons. The van der Waals surface area contributed by atoms with Crippen LogP contribution in [-0.4, -0.2) is 39.5 Å². The zero-order chi connectivity index (χ0) is 15.7. The van der Waals surface area contributed by atoms with Crippen LogP contribution >= 0.6 is 0 Å². The first kappa shape index (κ1) is 15.1. The van der Waals surface area contributed by atoms with Crippen molar-refractivity contribution in [3.05, 3.63) is 24.3 Å². The predicted octanol–water partition coefficient (Wildman–Crippen LogP) is 0.407. The van der Waals surface area contributed by atoms with Gasteiger partial charge in [-0.25, -0.2) is 13.1 Å². The molecule has 1 atom stereocenters. The number of hydrogen-bond donors (Lipinski definition) is 1. The highest BCUT2D eigenvalue weighted by molar-refractivity contribution is 7.89. The van der Waals surface area contributed by atoms with Gasteiger partial charge >= 0.3 is 0 Å². The molecule has 22 heavy (non-hydrogen) atoms. The van der Waals surface area contributed by atoms with Crippen molar-refractivity contribution in [1.29, 1.82) is 0 Å². The molecule has 0 spiro atoms. The van der Waals surface area contributed by atoms with Gasteiger partial charge in [0, 0.05) is 25.5 Å². The fraction of sp³-hybridized carbons (Fsp3) is 0.429. The summed E-state index contributed by atoms with van der Waals surface area (Å²) < 4.78 is 32.2. The normalized spacial score (nSPS) is 22.5. The number of imide groups is 1. The van der Waals surface area contributed by atoms with E-state index in [4.69, 9.17) is 4.74 Å². The summed E-state index contributed by atoms with van der Waals surface area (Å²) in [6.45, 7) is 0.916. The van der Waals surface area contributed by atoms with Crippen LogP contribution in [0.2, 0.25) is 0 Å². The van der Waals surface area contributed by atoms with Crippen molar-refractivity contribution in [2.24, 2.45) is 0 Å². The molecule has 3 rings (SSSR count). The third-order valence-electron chi connectivity index (χ3n) is 3.71. The molecule has 1 N–H and O–H groups in total. The second-order valence-corrected chi connectivity index (χ2v) is 7.01. The van der Waals surface area contributed by atoms with Gasteiger partial charge in [-0.15, -0.1) is 0 Å². The lowest BCUT2D eigenvalue weighted by Crippen LogP contribution is -2.35. The molecule has 2 aliphatic rings. The third kappa shape index (κ3) is 2.90. The Morgan fingerprint density at radius 1 is 1.09 bits per heavy atom. The summed E-state index contributed by atoms with van der Waals surface area (Å²) in [6.07, 6.45) is 1.04. The van der Waals surface area contributed by atoms with Gasteiger partial charge < -0.3 is 4.74 Å². The quantitative estimate of drug-likeness (QED) is 0.810. The largest absolute Gasteiger partial charge is 0.380 e. The number of carbonyl (C=O) groups excluding carboxylic acids is 2. The number of benzene rings is 1.